The molecule has 0 bridgehead atoms. The van der Waals surface area contributed by atoms with Crippen molar-refractivity contribution in [1.29, 1.82) is 0 Å². The maximum Gasteiger partial charge on any atom is 0.0661 e. The Balaban J connectivity index is 2.79. The number of hydrogen-bond donors (Lipinski definition) is 2. The Bertz CT molecular complexity index is 211. The quantitative estimate of drug-likeness (QED) is 0.636. The third-order valence-electron chi connectivity index (χ3n) is 3.39. The second-order valence-electron chi connectivity index (χ2n) is 6.31. The summed E-state index contributed by atoms with van der Waals surface area (Å²) in [5.74, 6) is 0.659. The predicted octanol–water partition coefficient (Wildman–Crippen LogP) is 1.25. The van der Waals surface area contributed by atoms with Crippen molar-refractivity contribution in [2.24, 2.45) is 17.1 Å². The molecule has 0 aliphatic carbocycles. The van der Waals surface area contributed by atoms with Crippen molar-refractivity contribution in [3.63, 3.8) is 0 Å². The number of nitrogens with two attached hydrogens (primary N) is 1. The summed E-state index contributed by atoms with van der Waals surface area (Å²) in [6.07, 6.45) is 1.02. The van der Waals surface area contributed by atoms with Crippen LogP contribution in [0.4, 0.5) is 0 Å². The summed E-state index contributed by atoms with van der Waals surface area (Å²) >= 11 is 0. The molecule has 1 aliphatic rings. The molecule has 15 heavy (non-hydrogen) atoms. The molecule has 2 atom stereocenters. The summed E-state index contributed by atoms with van der Waals surface area (Å²) in [6, 6.07) is 0. The zero-order valence-electron chi connectivity index (χ0n) is 10.9. The molecule has 2 unspecified atom stereocenters. The topological polar surface area (TPSA) is 41.3 Å². The molecule has 1 aliphatic heterocycles. The van der Waals surface area contributed by atoms with Gasteiger partial charge in [-0.25, -0.2) is 0 Å². The summed E-state index contributed by atoms with van der Waals surface area (Å²) in [5, 5.41) is 3.54. The van der Waals surface area contributed by atoms with Crippen LogP contribution in [0.2, 0.25) is 0 Å². The molecule has 0 amide bonds. The van der Waals surface area contributed by atoms with E-state index in [1.807, 2.05) is 0 Å². The Hall–Kier alpha value is -0.120. The fourth-order valence-corrected chi connectivity index (χ4v) is 2.56. The van der Waals surface area contributed by atoms with Crippen molar-refractivity contribution >= 4 is 0 Å². The van der Waals surface area contributed by atoms with Crippen molar-refractivity contribution in [2.45, 2.75) is 39.8 Å². The minimum Gasteiger partial charge on any atom is -0.316 e. The molecule has 0 radical (unpaired) electrons. The Morgan fingerprint density at radius 1 is 1.33 bits per heavy atom. The van der Waals surface area contributed by atoms with E-state index in [0.717, 1.165) is 26.1 Å². The van der Waals surface area contributed by atoms with Crippen LogP contribution in [0.3, 0.4) is 0 Å². The Kier molecular flexibility index (Phi) is 3.80. The van der Waals surface area contributed by atoms with Gasteiger partial charge in [-0.2, -0.15) is 0 Å². The number of nitrogens with zero attached hydrogens (tertiary/aromatic N) is 1. The van der Waals surface area contributed by atoms with E-state index in [4.69, 9.17) is 5.73 Å². The highest BCUT2D eigenvalue weighted by Gasteiger charge is 2.33. The maximum atomic E-state index is 6.40. The van der Waals surface area contributed by atoms with Crippen LogP contribution in [-0.2, 0) is 0 Å². The molecule has 1 fully saturated rings. The van der Waals surface area contributed by atoms with Crippen LogP contribution in [0.1, 0.15) is 34.1 Å². The van der Waals surface area contributed by atoms with E-state index < -0.39 is 0 Å². The Labute approximate surface area is 94.4 Å². The average Bonchev–Trinajstić information content (AvgIpc) is 2.02. The highest BCUT2D eigenvalue weighted by atomic mass is 15.2. The van der Waals surface area contributed by atoms with Crippen LogP contribution < -0.4 is 11.1 Å². The molecular weight excluding hydrogens is 186 g/mol. The first kappa shape index (κ1) is 12.9. The third kappa shape index (κ3) is 3.74. The number of hydrogen-bond acceptors (Lipinski definition) is 3. The standard InChI is InChI=1S/C12H27N3/c1-10-6-14-9-11(2,3)8-12(4,13)15(5)7-10/h10,14H,6-9,13H2,1-5H3. The minimum absolute atomic E-state index is 0.191. The highest BCUT2D eigenvalue weighted by molar-refractivity contribution is 4.88. The monoisotopic (exact) mass is 213 g/mol. The van der Waals surface area contributed by atoms with Crippen LogP contribution in [0.5, 0.6) is 0 Å². The molecular formula is C12H27N3. The Morgan fingerprint density at radius 2 is 1.93 bits per heavy atom. The van der Waals surface area contributed by atoms with Gasteiger partial charge in [-0.3, -0.25) is 4.90 Å². The molecule has 1 saturated heterocycles. The van der Waals surface area contributed by atoms with Gasteiger partial charge in [0.1, 0.15) is 0 Å². The van der Waals surface area contributed by atoms with E-state index in [2.05, 4.69) is 45.0 Å². The van der Waals surface area contributed by atoms with Gasteiger partial charge in [0.25, 0.3) is 0 Å². The largest absolute Gasteiger partial charge is 0.316 e. The first-order valence-electron chi connectivity index (χ1n) is 5.94. The molecule has 1 rings (SSSR count). The van der Waals surface area contributed by atoms with Gasteiger partial charge in [0.2, 0.25) is 0 Å². The lowest BCUT2D eigenvalue weighted by Crippen LogP contribution is -2.55. The van der Waals surface area contributed by atoms with Crippen molar-refractivity contribution in [1.82, 2.24) is 10.2 Å². The molecule has 0 saturated carbocycles. The first-order chi connectivity index (χ1) is 6.73. The second-order valence-corrected chi connectivity index (χ2v) is 6.31. The first-order valence-corrected chi connectivity index (χ1v) is 5.94. The molecule has 3 N–H and O–H groups in total. The van der Waals surface area contributed by atoms with Crippen LogP contribution in [0.15, 0.2) is 0 Å². The van der Waals surface area contributed by atoms with Gasteiger partial charge in [0.15, 0.2) is 0 Å². The molecule has 0 aromatic rings. The fourth-order valence-electron chi connectivity index (χ4n) is 2.56. The molecule has 0 aromatic carbocycles. The molecule has 90 valence electrons. The van der Waals surface area contributed by atoms with Gasteiger partial charge in [-0.1, -0.05) is 20.8 Å². The van der Waals surface area contributed by atoms with E-state index in [9.17, 15) is 0 Å². The van der Waals surface area contributed by atoms with Crippen LogP contribution in [0, 0.1) is 11.3 Å². The van der Waals surface area contributed by atoms with Gasteiger partial charge >= 0.3 is 0 Å². The van der Waals surface area contributed by atoms with Crippen LogP contribution in [0.25, 0.3) is 0 Å². The normalized spacial score (nSPS) is 39.2. The lowest BCUT2D eigenvalue weighted by molar-refractivity contribution is 0.0844. The fraction of sp³-hybridized carbons (Fsp3) is 1.00. The van der Waals surface area contributed by atoms with Crippen LogP contribution in [-0.4, -0.2) is 37.2 Å². The number of rotatable bonds is 0. The van der Waals surface area contributed by atoms with E-state index in [0.29, 0.717) is 5.92 Å². The van der Waals surface area contributed by atoms with Crippen molar-refractivity contribution in [3.05, 3.63) is 0 Å². The van der Waals surface area contributed by atoms with Crippen LogP contribution >= 0.6 is 0 Å². The molecule has 0 spiro atoms. The van der Waals surface area contributed by atoms with Gasteiger partial charge < -0.3 is 11.1 Å². The molecule has 3 nitrogen and oxygen atoms in total. The average molecular weight is 213 g/mol. The second kappa shape index (κ2) is 4.40. The Morgan fingerprint density at radius 3 is 2.53 bits per heavy atom. The smallest absolute Gasteiger partial charge is 0.0661 e. The van der Waals surface area contributed by atoms with Crippen molar-refractivity contribution in [3.8, 4) is 0 Å². The van der Waals surface area contributed by atoms with Crippen molar-refractivity contribution < 1.29 is 0 Å². The van der Waals surface area contributed by atoms with E-state index in [1.165, 1.54) is 0 Å². The third-order valence-corrected chi connectivity index (χ3v) is 3.39. The summed E-state index contributed by atoms with van der Waals surface area (Å²) in [5.41, 5.74) is 6.47. The van der Waals surface area contributed by atoms with E-state index >= 15 is 0 Å². The zero-order chi connectivity index (χ0) is 11.7. The van der Waals surface area contributed by atoms with E-state index in [-0.39, 0.29) is 11.1 Å². The summed E-state index contributed by atoms with van der Waals surface area (Å²) < 4.78 is 0. The maximum absolute atomic E-state index is 6.40. The lowest BCUT2D eigenvalue weighted by atomic mass is 9.83. The molecule has 1 heterocycles. The minimum atomic E-state index is -0.191. The lowest BCUT2D eigenvalue weighted by Gasteiger charge is -2.40. The summed E-state index contributed by atoms with van der Waals surface area (Å²) in [7, 11) is 2.14. The van der Waals surface area contributed by atoms with Gasteiger partial charge in [-0.15, -0.1) is 0 Å². The van der Waals surface area contributed by atoms with Gasteiger partial charge in [0.05, 0.1) is 5.66 Å². The number of nitrogens with one attached hydrogen (secondary N) is 1. The predicted molar refractivity (Wildman–Crippen MR) is 65.7 cm³/mol. The SMILES string of the molecule is CC1CNCC(C)(C)CC(C)(N)N(C)C1. The summed E-state index contributed by atoms with van der Waals surface area (Å²) in [4.78, 5) is 2.30. The molecule has 0 aromatic heterocycles. The zero-order valence-corrected chi connectivity index (χ0v) is 10.9. The van der Waals surface area contributed by atoms with Gasteiger partial charge in [-0.05, 0) is 38.3 Å². The summed E-state index contributed by atoms with van der Waals surface area (Å²) in [6.45, 7) is 12.2. The van der Waals surface area contributed by atoms with Gasteiger partial charge in [0, 0.05) is 13.1 Å². The van der Waals surface area contributed by atoms with E-state index in [1.54, 1.807) is 0 Å². The molecule has 3 heteroatoms. The highest BCUT2D eigenvalue weighted by Crippen LogP contribution is 2.28. The van der Waals surface area contributed by atoms with Crippen molar-refractivity contribution in [2.75, 3.05) is 26.7 Å².